The lowest BCUT2D eigenvalue weighted by Gasteiger charge is -2.07. The van der Waals surface area contributed by atoms with Crippen LogP contribution in [0, 0.1) is 11.6 Å². The van der Waals surface area contributed by atoms with Crippen LogP contribution in [0.5, 0.6) is 0 Å². The third-order valence-electron chi connectivity index (χ3n) is 3.27. The summed E-state index contributed by atoms with van der Waals surface area (Å²) in [4.78, 5) is 8.54. The monoisotopic (exact) mass is 288 g/mol. The van der Waals surface area contributed by atoms with Crippen molar-refractivity contribution in [3.05, 3.63) is 54.0 Å². The lowest BCUT2D eigenvalue weighted by Crippen LogP contribution is -2.07. The van der Waals surface area contributed by atoms with Crippen LogP contribution in [-0.4, -0.2) is 21.1 Å². The Balaban J connectivity index is 1.72. The van der Waals surface area contributed by atoms with Crippen LogP contribution in [0.1, 0.15) is 5.56 Å². The zero-order valence-electron chi connectivity index (χ0n) is 11.5. The summed E-state index contributed by atoms with van der Waals surface area (Å²) in [7, 11) is 1.91. The molecule has 3 aromatic rings. The van der Waals surface area contributed by atoms with Gasteiger partial charge in [0.2, 0.25) is 0 Å². The number of benzene rings is 1. The summed E-state index contributed by atoms with van der Waals surface area (Å²) in [6.07, 6.45) is 3.92. The van der Waals surface area contributed by atoms with Crippen LogP contribution in [0.3, 0.4) is 0 Å². The van der Waals surface area contributed by atoms with Crippen molar-refractivity contribution in [2.75, 3.05) is 11.9 Å². The SMILES string of the molecule is Cn1cnc2c(NCCc3cc(F)cc(F)c3)nccc21. The summed E-state index contributed by atoms with van der Waals surface area (Å²) >= 11 is 0. The van der Waals surface area contributed by atoms with Crippen molar-refractivity contribution in [2.24, 2.45) is 7.05 Å². The van der Waals surface area contributed by atoms with Crippen LogP contribution in [0.2, 0.25) is 0 Å². The Morgan fingerprint density at radius 2 is 1.90 bits per heavy atom. The summed E-state index contributed by atoms with van der Waals surface area (Å²) in [5, 5.41) is 3.16. The minimum atomic E-state index is -0.560. The second-order valence-electron chi connectivity index (χ2n) is 4.84. The summed E-state index contributed by atoms with van der Waals surface area (Å²) in [5.74, 6) is -0.449. The van der Waals surface area contributed by atoms with Crippen molar-refractivity contribution in [3.8, 4) is 0 Å². The van der Waals surface area contributed by atoms with Crippen molar-refractivity contribution < 1.29 is 8.78 Å². The van der Waals surface area contributed by atoms with Gasteiger partial charge in [-0.15, -0.1) is 0 Å². The molecule has 4 nitrogen and oxygen atoms in total. The maximum absolute atomic E-state index is 13.1. The standard InChI is InChI=1S/C15H14F2N4/c1-21-9-20-14-13(21)3-5-19-15(14)18-4-2-10-6-11(16)8-12(17)7-10/h3,5-9H,2,4H2,1H3,(H,18,19). The number of hydrogen-bond acceptors (Lipinski definition) is 3. The van der Waals surface area contributed by atoms with Crippen molar-refractivity contribution >= 4 is 16.9 Å². The van der Waals surface area contributed by atoms with Gasteiger partial charge < -0.3 is 9.88 Å². The number of hydrogen-bond donors (Lipinski definition) is 1. The van der Waals surface area contributed by atoms with Gasteiger partial charge in [0.15, 0.2) is 5.82 Å². The van der Waals surface area contributed by atoms with Crippen LogP contribution < -0.4 is 5.32 Å². The van der Waals surface area contributed by atoms with Gasteiger partial charge in [0.1, 0.15) is 17.2 Å². The van der Waals surface area contributed by atoms with Gasteiger partial charge in [-0.1, -0.05) is 0 Å². The Morgan fingerprint density at radius 3 is 2.67 bits per heavy atom. The first-order chi connectivity index (χ1) is 10.1. The molecule has 0 aliphatic carbocycles. The molecule has 3 rings (SSSR count). The van der Waals surface area contributed by atoms with E-state index in [0.29, 0.717) is 24.3 Å². The number of pyridine rings is 1. The van der Waals surface area contributed by atoms with Crippen molar-refractivity contribution in [1.29, 1.82) is 0 Å². The molecular weight excluding hydrogens is 274 g/mol. The summed E-state index contributed by atoms with van der Waals surface area (Å²) < 4.78 is 28.1. The Kier molecular flexibility index (Phi) is 3.51. The fraction of sp³-hybridized carbons (Fsp3) is 0.200. The predicted molar refractivity (Wildman–Crippen MR) is 77.1 cm³/mol. The maximum atomic E-state index is 13.1. The topological polar surface area (TPSA) is 42.7 Å². The molecule has 0 unspecified atom stereocenters. The zero-order valence-corrected chi connectivity index (χ0v) is 11.5. The molecule has 21 heavy (non-hydrogen) atoms. The number of anilines is 1. The first-order valence-electron chi connectivity index (χ1n) is 6.58. The number of imidazole rings is 1. The molecule has 0 spiro atoms. The normalized spacial score (nSPS) is 11.0. The van der Waals surface area contributed by atoms with Gasteiger partial charge in [-0.2, -0.15) is 0 Å². The van der Waals surface area contributed by atoms with Crippen LogP contribution >= 0.6 is 0 Å². The van der Waals surface area contributed by atoms with E-state index in [9.17, 15) is 8.78 Å². The lowest BCUT2D eigenvalue weighted by atomic mass is 10.1. The third kappa shape index (κ3) is 2.84. The molecule has 6 heteroatoms. The molecular formula is C15H14F2N4. The van der Waals surface area contributed by atoms with Gasteiger partial charge in [-0.25, -0.2) is 18.7 Å². The fourth-order valence-corrected chi connectivity index (χ4v) is 2.27. The van der Waals surface area contributed by atoms with E-state index in [1.54, 1.807) is 12.5 Å². The summed E-state index contributed by atoms with van der Waals surface area (Å²) in [6.45, 7) is 0.519. The largest absolute Gasteiger partial charge is 0.368 e. The first-order valence-corrected chi connectivity index (χ1v) is 6.58. The van der Waals surface area contributed by atoms with E-state index in [4.69, 9.17) is 0 Å². The lowest BCUT2D eigenvalue weighted by molar-refractivity contribution is 0.580. The molecule has 108 valence electrons. The van der Waals surface area contributed by atoms with Gasteiger partial charge in [-0.3, -0.25) is 0 Å². The number of aryl methyl sites for hydroxylation is 1. The Labute approximate surface area is 120 Å². The van der Waals surface area contributed by atoms with Crippen molar-refractivity contribution in [2.45, 2.75) is 6.42 Å². The molecule has 0 bridgehead atoms. The number of nitrogens with one attached hydrogen (secondary N) is 1. The molecule has 0 atom stereocenters. The van der Waals surface area contributed by atoms with Gasteiger partial charge >= 0.3 is 0 Å². The van der Waals surface area contributed by atoms with Gasteiger partial charge in [0.05, 0.1) is 11.8 Å². The van der Waals surface area contributed by atoms with E-state index < -0.39 is 11.6 Å². The molecule has 0 fully saturated rings. The Hall–Kier alpha value is -2.50. The number of fused-ring (bicyclic) bond motifs is 1. The third-order valence-corrected chi connectivity index (χ3v) is 3.27. The van der Waals surface area contributed by atoms with E-state index in [1.807, 2.05) is 17.7 Å². The smallest absolute Gasteiger partial charge is 0.154 e. The van der Waals surface area contributed by atoms with E-state index in [-0.39, 0.29) is 0 Å². The quantitative estimate of drug-likeness (QED) is 0.802. The predicted octanol–water partition coefficient (Wildman–Crippen LogP) is 2.90. The number of nitrogens with zero attached hydrogens (tertiary/aromatic N) is 3. The number of halogens is 2. The Bertz CT molecular complexity index is 762. The molecule has 1 aromatic carbocycles. The highest BCUT2D eigenvalue weighted by molar-refractivity contribution is 5.85. The van der Waals surface area contributed by atoms with E-state index in [2.05, 4.69) is 15.3 Å². The van der Waals surface area contributed by atoms with Crippen LogP contribution in [0.25, 0.3) is 11.0 Å². The summed E-state index contributed by atoms with van der Waals surface area (Å²) in [6, 6.07) is 5.42. The molecule has 2 aromatic heterocycles. The molecule has 1 N–H and O–H groups in total. The summed E-state index contributed by atoms with van der Waals surface area (Å²) in [5.41, 5.74) is 2.36. The molecule has 0 saturated heterocycles. The minimum absolute atomic E-state index is 0.500. The molecule has 0 amide bonds. The average Bonchev–Trinajstić information content (AvgIpc) is 2.81. The minimum Gasteiger partial charge on any atom is -0.368 e. The van der Waals surface area contributed by atoms with Crippen molar-refractivity contribution in [3.63, 3.8) is 0 Å². The molecule has 0 aliphatic heterocycles. The number of rotatable bonds is 4. The van der Waals surface area contributed by atoms with E-state index in [1.165, 1.54) is 12.1 Å². The maximum Gasteiger partial charge on any atom is 0.154 e. The van der Waals surface area contributed by atoms with E-state index in [0.717, 1.165) is 17.1 Å². The molecule has 0 aliphatic rings. The highest BCUT2D eigenvalue weighted by Gasteiger charge is 2.06. The molecule has 2 heterocycles. The average molecular weight is 288 g/mol. The van der Waals surface area contributed by atoms with Gasteiger partial charge in [0.25, 0.3) is 0 Å². The number of aromatic nitrogens is 3. The van der Waals surface area contributed by atoms with Gasteiger partial charge in [0, 0.05) is 25.9 Å². The highest BCUT2D eigenvalue weighted by atomic mass is 19.1. The highest BCUT2D eigenvalue weighted by Crippen LogP contribution is 2.18. The molecule has 0 radical (unpaired) electrons. The fourth-order valence-electron chi connectivity index (χ4n) is 2.27. The van der Waals surface area contributed by atoms with Crippen molar-refractivity contribution in [1.82, 2.24) is 14.5 Å². The second-order valence-corrected chi connectivity index (χ2v) is 4.84. The van der Waals surface area contributed by atoms with Crippen LogP contribution in [0.4, 0.5) is 14.6 Å². The zero-order chi connectivity index (χ0) is 14.8. The first kappa shape index (κ1) is 13.5. The van der Waals surface area contributed by atoms with Crippen LogP contribution in [-0.2, 0) is 13.5 Å². The molecule has 0 saturated carbocycles. The van der Waals surface area contributed by atoms with Gasteiger partial charge in [-0.05, 0) is 30.2 Å². The van der Waals surface area contributed by atoms with E-state index >= 15 is 0 Å². The second kappa shape index (κ2) is 5.47. The Morgan fingerprint density at radius 1 is 1.14 bits per heavy atom. The van der Waals surface area contributed by atoms with Crippen LogP contribution in [0.15, 0.2) is 36.8 Å².